The Hall–Kier alpha value is -3.16. The summed E-state index contributed by atoms with van der Waals surface area (Å²) in [5.41, 5.74) is 1.47. The van der Waals surface area contributed by atoms with Gasteiger partial charge in [-0.2, -0.15) is 8.78 Å². The molecule has 0 unspecified atom stereocenters. The third-order valence-corrected chi connectivity index (χ3v) is 3.80. The Bertz CT molecular complexity index is 832. The molecule has 0 fully saturated rings. The van der Waals surface area contributed by atoms with Crippen LogP contribution in [0.25, 0.3) is 0 Å². The van der Waals surface area contributed by atoms with Crippen LogP contribution in [0.4, 0.5) is 19.3 Å². The molecule has 0 saturated carbocycles. The molecule has 0 radical (unpaired) electrons. The quantitative estimate of drug-likeness (QED) is 0.744. The van der Waals surface area contributed by atoms with Crippen molar-refractivity contribution in [2.75, 3.05) is 12.4 Å². The molecule has 2 N–H and O–H groups in total. The number of hydrogen-bond acceptors (Lipinski definition) is 3. The Labute approximate surface area is 168 Å². The van der Waals surface area contributed by atoms with E-state index in [0.717, 1.165) is 5.56 Å². The number of anilines is 1. The van der Waals surface area contributed by atoms with Crippen LogP contribution in [-0.4, -0.2) is 36.0 Å². The van der Waals surface area contributed by atoms with Gasteiger partial charge in [0.05, 0.1) is 0 Å². The molecule has 2 rings (SSSR count). The predicted molar refractivity (Wildman–Crippen MR) is 107 cm³/mol. The Balaban J connectivity index is 1.91. The van der Waals surface area contributed by atoms with Gasteiger partial charge in [-0.15, -0.1) is 0 Å². The molecule has 3 amide bonds. The maximum atomic E-state index is 12.3. The van der Waals surface area contributed by atoms with Gasteiger partial charge in [0.2, 0.25) is 0 Å². The summed E-state index contributed by atoms with van der Waals surface area (Å²) in [5.74, 6) is -0.127. The van der Waals surface area contributed by atoms with Crippen molar-refractivity contribution in [3.05, 3.63) is 59.7 Å². The lowest BCUT2D eigenvalue weighted by Gasteiger charge is -2.21. The molecule has 0 bridgehead atoms. The smallest absolute Gasteiger partial charge is 0.387 e. The van der Waals surface area contributed by atoms with Gasteiger partial charge in [0.25, 0.3) is 5.91 Å². The number of nitrogens with zero attached hydrogens (tertiary/aromatic N) is 1. The minimum Gasteiger partial charge on any atom is -0.435 e. The Morgan fingerprint density at radius 3 is 2.14 bits per heavy atom. The normalized spacial score (nSPS) is 11.1. The minimum absolute atomic E-state index is 0.0615. The van der Waals surface area contributed by atoms with Crippen LogP contribution in [0.1, 0.15) is 36.7 Å². The van der Waals surface area contributed by atoms with E-state index in [2.05, 4.69) is 15.4 Å². The lowest BCUT2D eigenvalue weighted by atomic mass is 10.1. The van der Waals surface area contributed by atoms with Crippen molar-refractivity contribution in [2.24, 2.45) is 0 Å². The largest absolute Gasteiger partial charge is 0.435 e. The van der Waals surface area contributed by atoms with Crippen LogP contribution in [0, 0.1) is 0 Å². The molecule has 8 heteroatoms. The van der Waals surface area contributed by atoms with Gasteiger partial charge in [-0.05, 0) is 62.7 Å². The monoisotopic (exact) mass is 405 g/mol. The number of urea groups is 1. The highest BCUT2D eigenvalue weighted by Gasteiger charge is 2.15. The molecule has 0 aromatic heterocycles. The molecule has 0 aliphatic rings. The SMILES string of the molecule is CN(Cc1ccc(OC(F)F)cc1)C(=O)Nc1ccc(C(=O)NC(C)(C)C)cc1. The second kappa shape index (κ2) is 9.36. The van der Waals surface area contributed by atoms with E-state index in [9.17, 15) is 18.4 Å². The fraction of sp³-hybridized carbons (Fsp3) is 0.333. The number of benzene rings is 2. The molecule has 156 valence electrons. The van der Waals surface area contributed by atoms with Gasteiger partial charge in [-0.25, -0.2) is 4.79 Å². The van der Waals surface area contributed by atoms with Crippen molar-refractivity contribution in [3.63, 3.8) is 0 Å². The average Bonchev–Trinajstić information content (AvgIpc) is 2.62. The average molecular weight is 405 g/mol. The number of carbonyl (C=O) groups is 2. The highest BCUT2D eigenvalue weighted by molar-refractivity contribution is 5.95. The molecule has 0 aliphatic heterocycles. The van der Waals surface area contributed by atoms with Crippen LogP contribution in [0.5, 0.6) is 5.75 Å². The molecule has 6 nitrogen and oxygen atoms in total. The molecule has 2 aromatic carbocycles. The maximum Gasteiger partial charge on any atom is 0.387 e. The zero-order valence-corrected chi connectivity index (χ0v) is 16.8. The van der Waals surface area contributed by atoms with Crippen molar-refractivity contribution in [2.45, 2.75) is 39.5 Å². The van der Waals surface area contributed by atoms with Crippen LogP contribution in [0.3, 0.4) is 0 Å². The first-order valence-electron chi connectivity index (χ1n) is 9.02. The summed E-state index contributed by atoms with van der Waals surface area (Å²) >= 11 is 0. The van der Waals surface area contributed by atoms with E-state index in [1.165, 1.54) is 17.0 Å². The number of ether oxygens (including phenoxy) is 1. The van der Waals surface area contributed by atoms with E-state index in [1.54, 1.807) is 43.4 Å². The fourth-order valence-electron chi connectivity index (χ4n) is 2.46. The van der Waals surface area contributed by atoms with Gasteiger partial charge in [0.15, 0.2) is 0 Å². The Morgan fingerprint density at radius 2 is 1.62 bits per heavy atom. The molecule has 29 heavy (non-hydrogen) atoms. The second-order valence-electron chi connectivity index (χ2n) is 7.59. The third kappa shape index (κ3) is 7.40. The lowest BCUT2D eigenvalue weighted by molar-refractivity contribution is -0.0498. The van der Waals surface area contributed by atoms with E-state index >= 15 is 0 Å². The number of nitrogens with one attached hydrogen (secondary N) is 2. The van der Waals surface area contributed by atoms with Gasteiger partial charge in [-0.1, -0.05) is 12.1 Å². The fourth-order valence-corrected chi connectivity index (χ4v) is 2.46. The van der Waals surface area contributed by atoms with Crippen molar-refractivity contribution in [1.82, 2.24) is 10.2 Å². The predicted octanol–water partition coefficient (Wildman–Crippen LogP) is 4.48. The van der Waals surface area contributed by atoms with Crippen LogP contribution in [0.15, 0.2) is 48.5 Å². The van der Waals surface area contributed by atoms with Gasteiger partial charge in [0.1, 0.15) is 5.75 Å². The van der Waals surface area contributed by atoms with Gasteiger partial charge in [-0.3, -0.25) is 4.79 Å². The molecular formula is C21H25F2N3O3. The zero-order valence-electron chi connectivity index (χ0n) is 16.8. The summed E-state index contributed by atoms with van der Waals surface area (Å²) in [6.45, 7) is 3.10. The van der Waals surface area contributed by atoms with E-state index in [0.29, 0.717) is 11.3 Å². The minimum atomic E-state index is -2.87. The molecular weight excluding hydrogens is 380 g/mol. The van der Waals surface area contributed by atoms with Gasteiger partial charge < -0.3 is 20.3 Å². The highest BCUT2D eigenvalue weighted by atomic mass is 19.3. The summed E-state index contributed by atoms with van der Waals surface area (Å²) in [5, 5.41) is 5.62. The van der Waals surface area contributed by atoms with Crippen LogP contribution < -0.4 is 15.4 Å². The summed E-state index contributed by atoms with van der Waals surface area (Å²) in [6, 6.07) is 12.3. The van der Waals surface area contributed by atoms with Crippen LogP contribution >= 0.6 is 0 Å². The first kappa shape index (κ1) is 22.1. The molecule has 0 atom stereocenters. The van der Waals surface area contributed by atoms with E-state index in [-0.39, 0.29) is 29.8 Å². The van der Waals surface area contributed by atoms with Crippen LogP contribution in [-0.2, 0) is 6.54 Å². The summed E-state index contributed by atoms with van der Waals surface area (Å²) in [7, 11) is 1.62. The molecule has 0 aliphatic carbocycles. The maximum absolute atomic E-state index is 12.3. The van der Waals surface area contributed by atoms with Crippen molar-refractivity contribution >= 4 is 17.6 Å². The Kier molecular flexibility index (Phi) is 7.14. The first-order valence-corrected chi connectivity index (χ1v) is 9.02. The Morgan fingerprint density at radius 1 is 1.03 bits per heavy atom. The van der Waals surface area contributed by atoms with E-state index in [4.69, 9.17) is 0 Å². The number of alkyl halides is 2. The van der Waals surface area contributed by atoms with E-state index in [1.807, 2.05) is 20.8 Å². The van der Waals surface area contributed by atoms with Crippen molar-refractivity contribution in [3.8, 4) is 5.75 Å². The number of hydrogen-bond donors (Lipinski definition) is 2. The molecule has 2 aromatic rings. The standard InChI is InChI=1S/C21H25F2N3O3/c1-21(2,3)25-18(27)15-7-9-16(10-8-15)24-20(28)26(4)13-14-5-11-17(12-6-14)29-19(22)23/h5-12,19H,13H2,1-4H3,(H,24,28)(H,25,27). The van der Waals surface area contributed by atoms with Crippen molar-refractivity contribution < 1.29 is 23.1 Å². The summed E-state index contributed by atoms with van der Waals surface area (Å²) < 4.78 is 28.7. The summed E-state index contributed by atoms with van der Waals surface area (Å²) in [4.78, 5) is 25.9. The van der Waals surface area contributed by atoms with Crippen molar-refractivity contribution in [1.29, 1.82) is 0 Å². The third-order valence-electron chi connectivity index (χ3n) is 3.80. The molecule has 0 saturated heterocycles. The number of rotatable bonds is 6. The van der Waals surface area contributed by atoms with Gasteiger partial charge in [0, 0.05) is 30.4 Å². The zero-order chi connectivity index (χ0) is 21.6. The van der Waals surface area contributed by atoms with Crippen LogP contribution in [0.2, 0.25) is 0 Å². The number of amides is 3. The first-order chi connectivity index (χ1) is 13.5. The second-order valence-corrected chi connectivity index (χ2v) is 7.59. The molecule has 0 spiro atoms. The lowest BCUT2D eigenvalue weighted by Crippen LogP contribution is -2.40. The highest BCUT2D eigenvalue weighted by Crippen LogP contribution is 2.16. The van der Waals surface area contributed by atoms with E-state index < -0.39 is 6.61 Å². The topological polar surface area (TPSA) is 70.7 Å². The van der Waals surface area contributed by atoms with Gasteiger partial charge >= 0.3 is 12.6 Å². The molecule has 0 heterocycles. The number of carbonyl (C=O) groups excluding carboxylic acids is 2. The summed E-state index contributed by atoms with van der Waals surface area (Å²) in [6.07, 6.45) is 0. The number of halogens is 2.